The molecule has 70 valence electrons. The Morgan fingerprint density at radius 3 is 3.00 bits per heavy atom. The van der Waals surface area contributed by atoms with Gasteiger partial charge in [0.2, 0.25) is 0 Å². The lowest BCUT2D eigenvalue weighted by molar-refractivity contribution is 0.345. The second-order valence-electron chi connectivity index (χ2n) is 3.51. The van der Waals surface area contributed by atoms with E-state index in [9.17, 15) is 0 Å². The van der Waals surface area contributed by atoms with E-state index < -0.39 is 0 Å². The highest BCUT2D eigenvalue weighted by Crippen LogP contribution is 2.25. The van der Waals surface area contributed by atoms with E-state index in [0.29, 0.717) is 11.4 Å². The molecule has 1 fully saturated rings. The number of alkyl halides is 1. The SMILES string of the molecule is ClC1CC(NCc2cccnc2)C1. The molecular formula is C10H13ClN2. The predicted octanol–water partition coefficient (Wildman–Crippen LogP) is 1.94. The fourth-order valence-corrected chi connectivity index (χ4v) is 1.91. The summed E-state index contributed by atoms with van der Waals surface area (Å²) < 4.78 is 0. The summed E-state index contributed by atoms with van der Waals surface area (Å²) in [7, 11) is 0. The maximum atomic E-state index is 5.87. The van der Waals surface area contributed by atoms with Crippen LogP contribution in [0.5, 0.6) is 0 Å². The van der Waals surface area contributed by atoms with Crippen molar-refractivity contribution in [3.8, 4) is 0 Å². The van der Waals surface area contributed by atoms with Gasteiger partial charge in [-0.2, -0.15) is 0 Å². The van der Waals surface area contributed by atoms with Crippen molar-refractivity contribution in [1.82, 2.24) is 10.3 Å². The molecule has 3 heteroatoms. The van der Waals surface area contributed by atoms with Gasteiger partial charge in [-0.15, -0.1) is 11.6 Å². The third-order valence-corrected chi connectivity index (χ3v) is 2.75. The lowest BCUT2D eigenvalue weighted by Crippen LogP contribution is -2.41. The molecule has 13 heavy (non-hydrogen) atoms. The van der Waals surface area contributed by atoms with E-state index in [2.05, 4.69) is 16.4 Å². The van der Waals surface area contributed by atoms with Crippen molar-refractivity contribution in [1.29, 1.82) is 0 Å². The molecule has 0 bridgehead atoms. The van der Waals surface area contributed by atoms with Gasteiger partial charge in [0.15, 0.2) is 0 Å². The summed E-state index contributed by atoms with van der Waals surface area (Å²) in [5.41, 5.74) is 1.24. The summed E-state index contributed by atoms with van der Waals surface area (Å²) in [6.45, 7) is 0.905. The Bertz CT molecular complexity index is 257. The molecule has 0 radical (unpaired) electrons. The Morgan fingerprint density at radius 1 is 1.54 bits per heavy atom. The van der Waals surface area contributed by atoms with Gasteiger partial charge in [0.1, 0.15) is 0 Å². The van der Waals surface area contributed by atoms with Crippen LogP contribution in [0.2, 0.25) is 0 Å². The van der Waals surface area contributed by atoms with Gasteiger partial charge >= 0.3 is 0 Å². The first kappa shape index (κ1) is 8.97. The average Bonchev–Trinajstić information content (AvgIpc) is 2.12. The Kier molecular flexibility index (Phi) is 2.81. The van der Waals surface area contributed by atoms with Crippen molar-refractivity contribution >= 4 is 11.6 Å². The van der Waals surface area contributed by atoms with Crippen LogP contribution in [-0.2, 0) is 6.54 Å². The van der Waals surface area contributed by atoms with Crippen molar-refractivity contribution in [2.24, 2.45) is 0 Å². The van der Waals surface area contributed by atoms with Crippen LogP contribution in [0.3, 0.4) is 0 Å². The van der Waals surface area contributed by atoms with E-state index in [1.165, 1.54) is 5.56 Å². The Labute approximate surface area is 83.3 Å². The molecule has 1 saturated carbocycles. The van der Waals surface area contributed by atoms with Gasteiger partial charge in [-0.25, -0.2) is 0 Å². The molecule has 2 rings (SSSR count). The average molecular weight is 197 g/mol. The molecule has 1 aliphatic rings. The molecule has 0 aliphatic heterocycles. The summed E-state index contributed by atoms with van der Waals surface area (Å²) in [4.78, 5) is 4.06. The van der Waals surface area contributed by atoms with Crippen molar-refractivity contribution in [2.45, 2.75) is 30.8 Å². The molecule has 0 unspecified atom stereocenters. The van der Waals surface area contributed by atoms with Crippen LogP contribution in [0.1, 0.15) is 18.4 Å². The molecule has 2 nitrogen and oxygen atoms in total. The number of nitrogens with one attached hydrogen (secondary N) is 1. The summed E-state index contributed by atoms with van der Waals surface area (Å²) >= 11 is 5.87. The minimum atomic E-state index is 0.395. The quantitative estimate of drug-likeness (QED) is 0.748. The van der Waals surface area contributed by atoms with Gasteiger partial charge in [-0.1, -0.05) is 6.07 Å². The second kappa shape index (κ2) is 4.07. The third-order valence-electron chi connectivity index (χ3n) is 2.40. The lowest BCUT2D eigenvalue weighted by atomic mass is 9.92. The van der Waals surface area contributed by atoms with Crippen LogP contribution in [0.4, 0.5) is 0 Å². The maximum absolute atomic E-state index is 5.87. The fourth-order valence-electron chi connectivity index (χ4n) is 1.48. The lowest BCUT2D eigenvalue weighted by Gasteiger charge is -2.31. The summed E-state index contributed by atoms with van der Waals surface area (Å²) in [6.07, 6.45) is 5.88. The second-order valence-corrected chi connectivity index (χ2v) is 4.12. The minimum Gasteiger partial charge on any atom is -0.310 e. The van der Waals surface area contributed by atoms with E-state index in [-0.39, 0.29) is 0 Å². The van der Waals surface area contributed by atoms with Crippen molar-refractivity contribution in [3.05, 3.63) is 30.1 Å². The van der Waals surface area contributed by atoms with Crippen LogP contribution in [-0.4, -0.2) is 16.4 Å². The maximum Gasteiger partial charge on any atom is 0.0365 e. The number of rotatable bonds is 3. The van der Waals surface area contributed by atoms with Crippen LogP contribution in [0.15, 0.2) is 24.5 Å². The van der Waals surface area contributed by atoms with Crippen molar-refractivity contribution in [3.63, 3.8) is 0 Å². The molecule has 0 spiro atoms. The molecule has 1 heterocycles. The number of aromatic nitrogens is 1. The Hall–Kier alpha value is -0.600. The molecule has 1 aliphatic carbocycles. The van der Waals surface area contributed by atoms with Gasteiger partial charge in [0.05, 0.1) is 0 Å². The van der Waals surface area contributed by atoms with Crippen molar-refractivity contribution in [2.75, 3.05) is 0 Å². The number of hydrogen-bond acceptors (Lipinski definition) is 2. The zero-order valence-electron chi connectivity index (χ0n) is 7.41. The first-order chi connectivity index (χ1) is 6.34. The minimum absolute atomic E-state index is 0.395. The first-order valence-electron chi connectivity index (χ1n) is 4.61. The molecule has 0 aromatic carbocycles. The smallest absolute Gasteiger partial charge is 0.0365 e. The van der Waals surface area contributed by atoms with Crippen LogP contribution < -0.4 is 5.32 Å². The zero-order chi connectivity index (χ0) is 9.10. The predicted molar refractivity (Wildman–Crippen MR) is 53.7 cm³/mol. The number of nitrogens with zero attached hydrogens (tertiary/aromatic N) is 1. The van der Waals surface area contributed by atoms with Gasteiger partial charge in [-0.05, 0) is 24.5 Å². The van der Waals surface area contributed by atoms with E-state index in [1.54, 1.807) is 6.20 Å². The monoisotopic (exact) mass is 196 g/mol. The molecule has 1 N–H and O–H groups in total. The van der Waals surface area contributed by atoms with E-state index in [0.717, 1.165) is 19.4 Å². The number of pyridine rings is 1. The van der Waals surface area contributed by atoms with Gasteiger partial charge in [0, 0.05) is 30.4 Å². The molecular weight excluding hydrogens is 184 g/mol. The summed E-state index contributed by atoms with van der Waals surface area (Å²) in [5.74, 6) is 0. The van der Waals surface area contributed by atoms with Gasteiger partial charge < -0.3 is 5.32 Å². The molecule has 1 aromatic rings. The van der Waals surface area contributed by atoms with Crippen LogP contribution in [0, 0.1) is 0 Å². The standard InChI is InChI=1S/C10H13ClN2/c11-9-4-10(5-9)13-7-8-2-1-3-12-6-8/h1-3,6,9-10,13H,4-5,7H2. The molecule has 0 amide bonds. The Morgan fingerprint density at radius 2 is 2.38 bits per heavy atom. The molecule has 1 aromatic heterocycles. The number of halogens is 1. The van der Waals surface area contributed by atoms with E-state index >= 15 is 0 Å². The highest BCUT2D eigenvalue weighted by Gasteiger charge is 2.26. The highest BCUT2D eigenvalue weighted by atomic mass is 35.5. The zero-order valence-corrected chi connectivity index (χ0v) is 8.17. The first-order valence-corrected chi connectivity index (χ1v) is 5.04. The molecule has 0 saturated heterocycles. The van der Waals surface area contributed by atoms with Gasteiger partial charge in [-0.3, -0.25) is 4.98 Å². The fraction of sp³-hybridized carbons (Fsp3) is 0.500. The van der Waals surface area contributed by atoms with E-state index in [4.69, 9.17) is 11.6 Å². The normalized spacial score (nSPS) is 26.8. The topological polar surface area (TPSA) is 24.9 Å². The van der Waals surface area contributed by atoms with E-state index in [1.807, 2.05) is 12.3 Å². The van der Waals surface area contributed by atoms with Crippen LogP contribution in [0.25, 0.3) is 0 Å². The van der Waals surface area contributed by atoms with Gasteiger partial charge in [0.25, 0.3) is 0 Å². The number of hydrogen-bond donors (Lipinski definition) is 1. The highest BCUT2D eigenvalue weighted by molar-refractivity contribution is 6.21. The summed E-state index contributed by atoms with van der Waals surface area (Å²) in [5, 5.41) is 3.84. The Balaban J connectivity index is 1.74. The van der Waals surface area contributed by atoms with Crippen LogP contribution >= 0.6 is 11.6 Å². The summed E-state index contributed by atoms with van der Waals surface area (Å²) in [6, 6.07) is 4.65. The third kappa shape index (κ3) is 2.42. The largest absolute Gasteiger partial charge is 0.310 e. The van der Waals surface area contributed by atoms with Crippen molar-refractivity contribution < 1.29 is 0 Å². The molecule has 0 atom stereocenters.